The van der Waals surface area contributed by atoms with Crippen LogP contribution in [0.4, 0.5) is 5.82 Å². The van der Waals surface area contributed by atoms with Gasteiger partial charge < -0.3 is 10.2 Å². The molecule has 0 radical (unpaired) electrons. The second-order valence-electron chi connectivity index (χ2n) is 5.94. The van der Waals surface area contributed by atoms with E-state index in [9.17, 15) is 0 Å². The normalized spacial score (nSPS) is 17.6. The van der Waals surface area contributed by atoms with Crippen LogP contribution in [-0.4, -0.2) is 29.8 Å². The van der Waals surface area contributed by atoms with Crippen LogP contribution in [-0.2, 0) is 6.54 Å². The van der Waals surface area contributed by atoms with E-state index in [1.54, 1.807) is 0 Å². The van der Waals surface area contributed by atoms with Gasteiger partial charge in [-0.05, 0) is 49.8 Å². The fraction of sp³-hybridized carbons (Fsp3) is 0.750. The molecule has 0 spiro atoms. The SMILES string of the molecule is CCCNCc1ccc(N2CCC(CC)(CC)C2)nn1. The van der Waals surface area contributed by atoms with Gasteiger partial charge in [-0.1, -0.05) is 20.8 Å². The summed E-state index contributed by atoms with van der Waals surface area (Å²) in [4.78, 5) is 2.39. The predicted octanol–water partition coefficient (Wildman–Crippen LogP) is 2.99. The van der Waals surface area contributed by atoms with E-state index in [0.29, 0.717) is 5.41 Å². The van der Waals surface area contributed by atoms with Crippen LogP contribution in [0, 0.1) is 5.41 Å². The Morgan fingerprint density at radius 1 is 1.20 bits per heavy atom. The van der Waals surface area contributed by atoms with Crippen LogP contribution in [0.5, 0.6) is 0 Å². The maximum absolute atomic E-state index is 4.41. The molecule has 0 atom stereocenters. The van der Waals surface area contributed by atoms with Gasteiger partial charge in [-0.15, -0.1) is 5.10 Å². The molecular formula is C16H28N4. The highest BCUT2D eigenvalue weighted by molar-refractivity contribution is 5.39. The average molecular weight is 276 g/mol. The second-order valence-corrected chi connectivity index (χ2v) is 5.94. The average Bonchev–Trinajstić information content (AvgIpc) is 2.93. The first-order valence-corrected chi connectivity index (χ1v) is 8.01. The molecule has 0 saturated carbocycles. The Labute approximate surface area is 123 Å². The van der Waals surface area contributed by atoms with Gasteiger partial charge in [0.15, 0.2) is 5.82 Å². The Bertz CT molecular complexity index is 397. The first-order valence-electron chi connectivity index (χ1n) is 8.01. The van der Waals surface area contributed by atoms with Crippen LogP contribution >= 0.6 is 0 Å². The van der Waals surface area contributed by atoms with Crippen LogP contribution < -0.4 is 10.2 Å². The third-order valence-corrected chi connectivity index (χ3v) is 4.70. The lowest BCUT2D eigenvalue weighted by Gasteiger charge is -2.26. The molecule has 0 bridgehead atoms. The van der Waals surface area contributed by atoms with E-state index < -0.39 is 0 Å². The van der Waals surface area contributed by atoms with Crippen molar-refractivity contribution in [2.75, 3.05) is 24.5 Å². The standard InChI is InChI=1S/C16H28N4/c1-4-10-17-12-14-7-8-15(19-18-14)20-11-9-16(5-2,6-3)13-20/h7-8,17H,4-6,9-13H2,1-3H3. The summed E-state index contributed by atoms with van der Waals surface area (Å²) in [6.07, 6.45) is 4.94. The Hall–Kier alpha value is -1.16. The molecule has 4 nitrogen and oxygen atoms in total. The van der Waals surface area contributed by atoms with Crippen LogP contribution in [0.3, 0.4) is 0 Å². The third-order valence-electron chi connectivity index (χ3n) is 4.70. The number of aromatic nitrogens is 2. The third kappa shape index (κ3) is 3.48. The van der Waals surface area contributed by atoms with E-state index in [-0.39, 0.29) is 0 Å². The molecule has 1 aromatic rings. The predicted molar refractivity (Wildman–Crippen MR) is 83.9 cm³/mol. The lowest BCUT2D eigenvalue weighted by molar-refractivity contribution is 0.301. The smallest absolute Gasteiger partial charge is 0.151 e. The molecule has 4 heteroatoms. The van der Waals surface area contributed by atoms with Gasteiger partial charge in [0.25, 0.3) is 0 Å². The van der Waals surface area contributed by atoms with E-state index >= 15 is 0 Å². The highest BCUT2D eigenvalue weighted by Gasteiger charge is 2.35. The van der Waals surface area contributed by atoms with Crippen LogP contribution in [0.25, 0.3) is 0 Å². The summed E-state index contributed by atoms with van der Waals surface area (Å²) in [5.41, 5.74) is 1.52. The molecule has 0 aromatic carbocycles. The summed E-state index contributed by atoms with van der Waals surface area (Å²) < 4.78 is 0. The molecule has 1 aromatic heterocycles. The van der Waals surface area contributed by atoms with Gasteiger partial charge in [0.1, 0.15) is 0 Å². The molecule has 1 aliphatic rings. The molecule has 20 heavy (non-hydrogen) atoms. The van der Waals surface area contributed by atoms with Crippen LogP contribution in [0.15, 0.2) is 12.1 Å². The zero-order valence-electron chi connectivity index (χ0n) is 13.2. The van der Waals surface area contributed by atoms with E-state index in [1.165, 1.54) is 19.3 Å². The quantitative estimate of drug-likeness (QED) is 0.777. The number of nitrogens with one attached hydrogen (secondary N) is 1. The molecule has 2 rings (SSSR count). The summed E-state index contributed by atoms with van der Waals surface area (Å²) in [5, 5.41) is 12.1. The van der Waals surface area contributed by atoms with Crippen LogP contribution in [0.1, 0.15) is 52.1 Å². The first kappa shape index (κ1) is 15.2. The van der Waals surface area contributed by atoms with E-state index in [4.69, 9.17) is 0 Å². The summed E-state index contributed by atoms with van der Waals surface area (Å²) in [5.74, 6) is 1.04. The molecular weight excluding hydrogens is 248 g/mol. The Balaban J connectivity index is 1.94. The molecule has 112 valence electrons. The topological polar surface area (TPSA) is 41.0 Å². The van der Waals surface area contributed by atoms with Gasteiger partial charge in [0.2, 0.25) is 0 Å². The maximum atomic E-state index is 4.41. The van der Waals surface area contributed by atoms with Crippen molar-refractivity contribution >= 4 is 5.82 Å². The number of hydrogen-bond donors (Lipinski definition) is 1. The van der Waals surface area contributed by atoms with Gasteiger partial charge >= 0.3 is 0 Å². The summed E-state index contributed by atoms with van der Waals surface area (Å²) in [6, 6.07) is 4.22. The van der Waals surface area contributed by atoms with E-state index in [1.807, 2.05) is 0 Å². The van der Waals surface area contributed by atoms with Crippen molar-refractivity contribution in [3.8, 4) is 0 Å². The van der Waals surface area contributed by atoms with Crippen molar-refractivity contribution in [3.05, 3.63) is 17.8 Å². The highest BCUT2D eigenvalue weighted by atomic mass is 15.3. The lowest BCUT2D eigenvalue weighted by atomic mass is 9.82. The maximum Gasteiger partial charge on any atom is 0.151 e. The summed E-state index contributed by atoms with van der Waals surface area (Å²) in [7, 11) is 0. The molecule has 1 aliphatic heterocycles. The Morgan fingerprint density at radius 2 is 2.00 bits per heavy atom. The Kier molecular flexibility index (Phi) is 5.35. The number of nitrogens with zero attached hydrogens (tertiary/aromatic N) is 3. The minimum absolute atomic E-state index is 0.489. The zero-order chi connectivity index (χ0) is 14.4. The molecule has 0 amide bonds. The molecule has 1 fully saturated rings. The van der Waals surface area contributed by atoms with Crippen molar-refractivity contribution in [2.45, 2.75) is 53.0 Å². The summed E-state index contributed by atoms with van der Waals surface area (Å²) >= 11 is 0. The monoisotopic (exact) mass is 276 g/mol. The van der Waals surface area contributed by atoms with E-state index in [2.05, 4.69) is 53.3 Å². The second kappa shape index (κ2) is 7.02. The van der Waals surface area contributed by atoms with Gasteiger partial charge in [0, 0.05) is 19.6 Å². The fourth-order valence-electron chi connectivity index (χ4n) is 2.97. The largest absolute Gasteiger partial charge is 0.355 e. The number of rotatable bonds is 7. The molecule has 1 N–H and O–H groups in total. The van der Waals surface area contributed by atoms with Gasteiger partial charge in [-0.3, -0.25) is 0 Å². The minimum atomic E-state index is 0.489. The van der Waals surface area contributed by atoms with Crippen LogP contribution in [0.2, 0.25) is 0 Å². The minimum Gasteiger partial charge on any atom is -0.355 e. The zero-order valence-corrected chi connectivity index (χ0v) is 13.2. The highest BCUT2D eigenvalue weighted by Crippen LogP contribution is 2.38. The Morgan fingerprint density at radius 3 is 2.55 bits per heavy atom. The molecule has 1 saturated heterocycles. The molecule has 0 aliphatic carbocycles. The van der Waals surface area contributed by atoms with Gasteiger partial charge in [-0.2, -0.15) is 5.10 Å². The number of anilines is 1. The van der Waals surface area contributed by atoms with Crippen molar-refractivity contribution in [1.29, 1.82) is 0 Å². The van der Waals surface area contributed by atoms with Crippen molar-refractivity contribution in [3.63, 3.8) is 0 Å². The van der Waals surface area contributed by atoms with Gasteiger partial charge in [-0.25, -0.2) is 0 Å². The molecule has 2 heterocycles. The molecule has 0 unspecified atom stereocenters. The van der Waals surface area contributed by atoms with Gasteiger partial charge in [0.05, 0.1) is 5.69 Å². The van der Waals surface area contributed by atoms with E-state index in [0.717, 1.165) is 44.1 Å². The van der Waals surface area contributed by atoms with Crippen molar-refractivity contribution < 1.29 is 0 Å². The van der Waals surface area contributed by atoms with Crippen molar-refractivity contribution in [2.24, 2.45) is 5.41 Å². The van der Waals surface area contributed by atoms with Crippen molar-refractivity contribution in [1.82, 2.24) is 15.5 Å². The summed E-state index contributed by atoms with van der Waals surface area (Å²) in [6.45, 7) is 10.9. The lowest BCUT2D eigenvalue weighted by Crippen LogP contribution is -2.27. The number of hydrogen-bond acceptors (Lipinski definition) is 4. The first-order chi connectivity index (χ1) is 9.73. The fourth-order valence-corrected chi connectivity index (χ4v) is 2.97.